The molecule has 4 rings (SSSR count). The Balaban J connectivity index is 1.70. The van der Waals surface area contributed by atoms with Crippen LogP contribution in [0.4, 0.5) is 0 Å². The highest BCUT2D eigenvalue weighted by Crippen LogP contribution is 2.46. The van der Waals surface area contributed by atoms with Gasteiger partial charge in [-0.1, -0.05) is 60.7 Å². The Hall–Kier alpha value is -2.78. The van der Waals surface area contributed by atoms with E-state index >= 15 is 0 Å². The molecule has 0 saturated carbocycles. The molecule has 3 heteroatoms. The lowest BCUT2D eigenvalue weighted by atomic mass is 9.80. The second-order valence-electron chi connectivity index (χ2n) is 6.65. The highest BCUT2D eigenvalue weighted by molar-refractivity contribution is 5.40. The summed E-state index contributed by atoms with van der Waals surface area (Å²) in [4.78, 5) is 0. The van der Waals surface area contributed by atoms with Gasteiger partial charge in [-0.3, -0.25) is 0 Å². The normalized spacial score (nSPS) is 21.5. The lowest BCUT2D eigenvalue weighted by molar-refractivity contribution is -0.00177. The average molecular weight is 346 g/mol. The van der Waals surface area contributed by atoms with E-state index in [1.165, 1.54) is 0 Å². The van der Waals surface area contributed by atoms with Crippen molar-refractivity contribution < 1.29 is 14.6 Å². The summed E-state index contributed by atoms with van der Waals surface area (Å²) in [6.07, 6.45) is -0.0468. The van der Waals surface area contributed by atoms with Crippen molar-refractivity contribution in [3.05, 3.63) is 95.6 Å². The number of hydrogen-bond donors (Lipinski definition) is 1. The first-order valence-corrected chi connectivity index (χ1v) is 8.88. The summed E-state index contributed by atoms with van der Waals surface area (Å²) in [6.45, 7) is 0. The molecule has 0 amide bonds. The monoisotopic (exact) mass is 346 g/mol. The summed E-state index contributed by atoms with van der Waals surface area (Å²) in [7, 11) is 1.66. The Bertz CT molecular complexity index is 858. The van der Waals surface area contributed by atoms with E-state index in [0.717, 1.165) is 34.6 Å². The van der Waals surface area contributed by atoms with Crippen LogP contribution < -0.4 is 9.47 Å². The molecule has 0 aliphatic carbocycles. The van der Waals surface area contributed by atoms with E-state index in [9.17, 15) is 5.11 Å². The number of rotatable bonds is 4. The number of fused-ring (bicyclic) bond motifs is 1. The first-order chi connectivity index (χ1) is 12.8. The lowest BCUT2D eigenvalue weighted by Crippen LogP contribution is -2.31. The quantitative estimate of drug-likeness (QED) is 0.743. The van der Waals surface area contributed by atoms with Crippen molar-refractivity contribution >= 4 is 0 Å². The van der Waals surface area contributed by atoms with E-state index in [4.69, 9.17) is 9.47 Å². The average Bonchev–Trinajstić information content (AvgIpc) is 2.71. The van der Waals surface area contributed by atoms with E-state index < -0.39 is 6.10 Å². The second-order valence-corrected chi connectivity index (χ2v) is 6.65. The van der Waals surface area contributed by atoms with Crippen LogP contribution in [0.3, 0.4) is 0 Å². The highest BCUT2D eigenvalue weighted by Gasteiger charge is 2.38. The third kappa shape index (κ3) is 3.18. The fourth-order valence-corrected chi connectivity index (χ4v) is 3.66. The predicted molar refractivity (Wildman–Crippen MR) is 101 cm³/mol. The molecule has 0 bridgehead atoms. The Labute approximate surface area is 153 Å². The number of para-hydroxylation sites is 1. The third-order valence-electron chi connectivity index (χ3n) is 5.04. The van der Waals surface area contributed by atoms with Gasteiger partial charge in [0.25, 0.3) is 0 Å². The van der Waals surface area contributed by atoms with Crippen LogP contribution in [0.2, 0.25) is 0 Å². The smallest absolute Gasteiger partial charge is 0.130 e. The van der Waals surface area contributed by atoms with Gasteiger partial charge in [0, 0.05) is 11.5 Å². The van der Waals surface area contributed by atoms with Crippen LogP contribution in [0, 0.1) is 5.92 Å². The van der Waals surface area contributed by atoms with E-state index in [1.807, 2.05) is 66.7 Å². The van der Waals surface area contributed by atoms with Gasteiger partial charge >= 0.3 is 0 Å². The molecule has 3 aromatic carbocycles. The Morgan fingerprint density at radius 1 is 0.885 bits per heavy atom. The second kappa shape index (κ2) is 7.22. The van der Waals surface area contributed by atoms with Gasteiger partial charge in [-0.15, -0.1) is 0 Å². The fourth-order valence-electron chi connectivity index (χ4n) is 3.66. The van der Waals surface area contributed by atoms with Crippen LogP contribution in [0.25, 0.3) is 0 Å². The van der Waals surface area contributed by atoms with Crippen molar-refractivity contribution in [2.24, 2.45) is 5.92 Å². The van der Waals surface area contributed by atoms with Crippen molar-refractivity contribution in [3.63, 3.8) is 0 Å². The van der Waals surface area contributed by atoms with Gasteiger partial charge in [0.2, 0.25) is 0 Å². The van der Waals surface area contributed by atoms with Crippen LogP contribution in [-0.2, 0) is 6.42 Å². The minimum atomic E-state index is -0.577. The molecule has 0 spiro atoms. The van der Waals surface area contributed by atoms with Gasteiger partial charge in [0.1, 0.15) is 17.6 Å². The first kappa shape index (κ1) is 16.7. The van der Waals surface area contributed by atoms with Crippen LogP contribution in [0.15, 0.2) is 78.9 Å². The van der Waals surface area contributed by atoms with Crippen molar-refractivity contribution in [2.45, 2.75) is 18.6 Å². The van der Waals surface area contributed by atoms with Crippen LogP contribution in [0.5, 0.6) is 11.5 Å². The summed E-state index contributed by atoms with van der Waals surface area (Å²) in [5.74, 6) is 1.53. The molecular weight excluding hydrogens is 324 g/mol. The van der Waals surface area contributed by atoms with Gasteiger partial charge in [-0.2, -0.15) is 0 Å². The maximum atomic E-state index is 11.1. The fraction of sp³-hybridized carbons (Fsp3) is 0.217. The van der Waals surface area contributed by atoms with E-state index in [2.05, 4.69) is 12.1 Å². The Morgan fingerprint density at radius 2 is 1.58 bits per heavy atom. The minimum Gasteiger partial charge on any atom is -0.497 e. The molecule has 26 heavy (non-hydrogen) atoms. The summed E-state index contributed by atoms with van der Waals surface area (Å²) < 4.78 is 11.6. The van der Waals surface area contributed by atoms with Crippen molar-refractivity contribution in [2.75, 3.05) is 7.11 Å². The largest absolute Gasteiger partial charge is 0.497 e. The van der Waals surface area contributed by atoms with E-state index in [-0.39, 0.29) is 12.0 Å². The lowest BCUT2D eigenvalue weighted by Gasteiger charge is -2.37. The van der Waals surface area contributed by atoms with Crippen molar-refractivity contribution in [3.8, 4) is 11.5 Å². The number of ether oxygens (including phenoxy) is 2. The molecule has 3 aromatic rings. The summed E-state index contributed by atoms with van der Waals surface area (Å²) in [5.41, 5.74) is 3.09. The van der Waals surface area contributed by atoms with Gasteiger partial charge in [0.15, 0.2) is 0 Å². The Kier molecular flexibility index (Phi) is 4.63. The zero-order valence-corrected chi connectivity index (χ0v) is 14.7. The summed E-state index contributed by atoms with van der Waals surface area (Å²) in [5, 5.41) is 11.1. The number of aliphatic hydroxyl groups is 1. The van der Waals surface area contributed by atoms with Gasteiger partial charge < -0.3 is 14.6 Å². The molecule has 1 aliphatic rings. The molecule has 132 valence electrons. The number of benzene rings is 3. The van der Waals surface area contributed by atoms with E-state index in [1.54, 1.807) is 7.11 Å². The van der Waals surface area contributed by atoms with Crippen LogP contribution >= 0.6 is 0 Å². The molecule has 1 aliphatic heterocycles. The molecule has 0 unspecified atom stereocenters. The molecule has 1 N–H and O–H groups in total. The van der Waals surface area contributed by atoms with E-state index in [0.29, 0.717) is 0 Å². The molecule has 3 atom stereocenters. The predicted octanol–water partition coefficient (Wildman–Crippen LogP) is 4.72. The molecule has 0 radical (unpaired) electrons. The number of methoxy groups -OCH3 is 1. The zero-order valence-electron chi connectivity index (χ0n) is 14.7. The first-order valence-electron chi connectivity index (χ1n) is 8.88. The zero-order chi connectivity index (χ0) is 17.9. The summed E-state index contributed by atoms with van der Waals surface area (Å²) in [6, 6.07) is 25.9. The maximum absolute atomic E-state index is 11.1. The molecule has 3 nitrogen and oxygen atoms in total. The summed E-state index contributed by atoms with van der Waals surface area (Å²) >= 11 is 0. The minimum absolute atomic E-state index is 0.0688. The topological polar surface area (TPSA) is 38.7 Å². The Morgan fingerprint density at radius 3 is 2.31 bits per heavy atom. The standard InChI is InChI=1S/C23H22O3/c1-25-18-13-11-16(12-14-18)15-20-22(24)19-9-5-6-10-21(19)26-23(20)17-7-3-2-4-8-17/h2-14,20,22-24H,15H2,1H3/t20-,22+,23+/m1/s1. The van der Waals surface area contributed by atoms with Crippen LogP contribution in [-0.4, -0.2) is 12.2 Å². The van der Waals surface area contributed by atoms with Gasteiger partial charge in [0.05, 0.1) is 13.2 Å². The molecular formula is C23H22O3. The molecule has 1 heterocycles. The molecule has 0 fully saturated rings. The highest BCUT2D eigenvalue weighted by atomic mass is 16.5. The van der Waals surface area contributed by atoms with Gasteiger partial charge in [-0.25, -0.2) is 0 Å². The molecule has 0 aromatic heterocycles. The SMILES string of the molecule is COc1ccc(C[C@@H]2[C@@H](O)c3ccccc3O[C@H]2c2ccccc2)cc1. The van der Waals surface area contributed by atoms with Crippen molar-refractivity contribution in [1.29, 1.82) is 0 Å². The third-order valence-corrected chi connectivity index (χ3v) is 5.04. The maximum Gasteiger partial charge on any atom is 0.130 e. The number of hydrogen-bond acceptors (Lipinski definition) is 3. The van der Waals surface area contributed by atoms with Crippen LogP contribution in [0.1, 0.15) is 28.9 Å². The number of aliphatic hydroxyl groups excluding tert-OH is 1. The molecule has 0 saturated heterocycles. The van der Waals surface area contributed by atoms with Crippen molar-refractivity contribution in [1.82, 2.24) is 0 Å². The van der Waals surface area contributed by atoms with Gasteiger partial charge in [-0.05, 0) is 35.7 Å².